The van der Waals surface area contributed by atoms with Gasteiger partial charge in [-0.05, 0) is 37.0 Å². The maximum atomic E-state index is 12.7. The lowest BCUT2D eigenvalue weighted by Crippen LogP contribution is -2.27. The minimum absolute atomic E-state index is 0.00700. The molecular weight excluding hydrogens is 421 g/mol. The zero-order chi connectivity index (χ0) is 20.3. The topological polar surface area (TPSA) is 80.3 Å². The molecule has 1 aromatic carbocycles. The number of rotatable bonds is 7. The van der Waals surface area contributed by atoms with Gasteiger partial charge in [-0.15, -0.1) is 0 Å². The Bertz CT molecular complexity index is 940. The lowest BCUT2D eigenvalue weighted by molar-refractivity contribution is 0.104. The zero-order valence-electron chi connectivity index (χ0n) is 15.7. The van der Waals surface area contributed by atoms with Crippen LogP contribution in [0.3, 0.4) is 0 Å². The third-order valence-corrected chi connectivity index (χ3v) is 6.98. The zero-order valence-corrected chi connectivity index (χ0v) is 18.0. The highest BCUT2D eigenvalue weighted by Crippen LogP contribution is 2.27. The summed E-state index contributed by atoms with van der Waals surface area (Å²) < 4.78 is 33.7. The van der Waals surface area contributed by atoms with Crippen LogP contribution in [0.15, 0.2) is 41.4 Å². The van der Waals surface area contributed by atoms with Gasteiger partial charge in [-0.2, -0.15) is 0 Å². The van der Waals surface area contributed by atoms with E-state index in [1.165, 1.54) is 12.3 Å². The first-order chi connectivity index (χ1) is 13.3. The van der Waals surface area contributed by atoms with E-state index >= 15 is 0 Å². The minimum atomic E-state index is -3.81. The predicted molar refractivity (Wildman–Crippen MR) is 111 cm³/mol. The molecule has 3 rings (SSSR count). The molecule has 1 saturated heterocycles. The number of halogens is 2. The summed E-state index contributed by atoms with van der Waals surface area (Å²) in [5.74, 6) is 0.892. The van der Waals surface area contributed by atoms with Crippen LogP contribution < -0.4 is 10.0 Å². The van der Waals surface area contributed by atoms with E-state index in [1.54, 1.807) is 31.2 Å². The highest BCUT2D eigenvalue weighted by Gasteiger charge is 2.25. The fourth-order valence-corrected chi connectivity index (χ4v) is 4.89. The summed E-state index contributed by atoms with van der Waals surface area (Å²) >= 11 is 12.4. The first kappa shape index (κ1) is 21.3. The Kier molecular flexibility index (Phi) is 6.83. The van der Waals surface area contributed by atoms with Gasteiger partial charge < -0.3 is 10.1 Å². The second-order valence-electron chi connectivity index (χ2n) is 6.92. The molecule has 0 spiro atoms. The predicted octanol–water partition coefficient (Wildman–Crippen LogP) is 4.26. The van der Waals surface area contributed by atoms with Crippen molar-refractivity contribution in [1.82, 2.24) is 9.71 Å². The number of sulfonamides is 1. The molecular formula is C19H23Cl2N3O3S. The van der Waals surface area contributed by atoms with Crippen molar-refractivity contribution in [2.45, 2.75) is 37.3 Å². The lowest BCUT2D eigenvalue weighted by Gasteiger charge is -2.18. The van der Waals surface area contributed by atoms with Crippen molar-refractivity contribution in [3.05, 3.63) is 52.1 Å². The average Bonchev–Trinajstić information content (AvgIpc) is 3.05. The van der Waals surface area contributed by atoms with E-state index in [-0.39, 0.29) is 16.0 Å². The van der Waals surface area contributed by atoms with Crippen molar-refractivity contribution in [3.8, 4) is 0 Å². The molecule has 152 valence electrons. The molecule has 28 heavy (non-hydrogen) atoms. The summed E-state index contributed by atoms with van der Waals surface area (Å²) in [5.41, 5.74) is 0.691. The number of anilines is 1. The average molecular weight is 444 g/mol. The largest absolute Gasteiger partial charge is 0.376 e. The Morgan fingerprint density at radius 1 is 1.29 bits per heavy atom. The fourth-order valence-electron chi connectivity index (χ4n) is 3.10. The fraction of sp³-hybridized carbons (Fsp3) is 0.421. The molecule has 0 saturated carbocycles. The van der Waals surface area contributed by atoms with Crippen LogP contribution in [0, 0.1) is 5.92 Å². The Morgan fingerprint density at radius 2 is 2.04 bits per heavy atom. The van der Waals surface area contributed by atoms with E-state index in [0.717, 1.165) is 13.0 Å². The number of ether oxygens (including phenoxy) is 1. The van der Waals surface area contributed by atoms with Crippen LogP contribution in [0.2, 0.25) is 10.0 Å². The summed E-state index contributed by atoms with van der Waals surface area (Å²) in [7, 11) is -3.81. The maximum Gasteiger partial charge on any atom is 0.242 e. The van der Waals surface area contributed by atoms with Gasteiger partial charge in [-0.25, -0.2) is 18.1 Å². The van der Waals surface area contributed by atoms with E-state index in [9.17, 15) is 8.42 Å². The van der Waals surface area contributed by atoms with Crippen LogP contribution in [0.5, 0.6) is 0 Å². The second kappa shape index (κ2) is 8.97. The Morgan fingerprint density at radius 3 is 2.68 bits per heavy atom. The van der Waals surface area contributed by atoms with Crippen molar-refractivity contribution in [2.75, 3.05) is 18.5 Å². The van der Waals surface area contributed by atoms with E-state index in [1.807, 2.05) is 0 Å². The van der Waals surface area contributed by atoms with E-state index in [2.05, 4.69) is 21.9 Å². The van der Waals surface area contributed by atoms with Crippen LogP contribution in [0.4, 0.5) is 5.82 Å². The molecule has 2 heterocycles. The van der Waals surface area contributed by atoms with Gasteiger partial charge in [0.25, 0.3) is 0 Å². The molecule has 0 bridgehead atoms. The lowest BCUT2D eigenvalue weighted by atomic mass is 10.0. The molecule has 2 aromatic rings. The van der Waals surface area contributed by atoms with Gasteiger partial charge in [0, 0.05) is 30.4 Å². The number of hydrogen-bond donors (Lipinski definition) is 2. The molecule has 2 N–H and O–H groups in total. The SMILES string of the molecule is C[C@@H](NS(=O)(=O)c1cnc(NC[C@@H]2OCC[C@@H]2C)c(Cl)c1)c1ccccc1Cl. The first-order valence-electron chi connectivity index (χ1n) is 9.05. The Labute approximate surface area is 175 Å². The maximum absolute atomic E-state index is 12.7. The van der Waals surface area contributed by atoms with Crippen molar-refractivity contribution < 1.29 is 13.2 Å². The molecule has 0 radical (unpaired) electrons. The van der Waals surface area contributed by atoms with Crippen molar-refractivity contribution in [2.24, 2.45) is 5.92 Å². The van der Waals surface area contributed by atoms with E-state index in [4.69, 9.17) is 27.9 Å². The highest BCUT2D eigenvalue weighted by atomic mass is 35.5. The summed E-state index contributed by atoms with van der Waals surface area (Å²) in [6, 6.07) is 7.98. The number of pyridine rings is 1. The van der Waals surface area contributed by atoms with Crippen LogP contribution in [0.1, 0.15) is 31.9 Å². The molecule has 1 fully saturated rings. The van der Waals surface area contributed by atoms with Gasteiger partial charge >= 0.3 is 0 Å². The smallest absolute Gasteiger partial charge is 0.242 e. The third-order valence-electron chi connectivity index (χ3n) is 4.84. The summed E-state index contributed by atoms with van der Waals surface area (Å²) in [4.78, 5) is 4.18. The molecule has 1 aliphatic heterocycles. The summed E-state index contributed by atoms with van der Waals surface area (Å²) in [5, 5.41) is 3.87. The van der Waals surface area contributed by atoms with Crippen molar-refractivity contribution >= 4 is 39.0 Å². The molecule has 6 nitrogen and oxygen atoms in total. The first-order valence-corrected chi connectivity index (χ1v) is 11.3. The Balaban J connectivity index is 1.70. The summed E-state index contributed by atoms with van der Waals surface area (Å²) in [6.45, 7) is 5.19. The van der Waals surface area contributed by atoms with Crippen LogP contribution in [-0.2, 0) is 14.8 Å². The number of aromatic nitrogens is 1. The minimum Gasteiger partial charge on any atom is -0.376 e. The Hall–Kier alpha value is -1.38. The molecule has 0 unspecified atom stereocenters. The van der Waals surface area contributed by atoms with Gasteiger partial charge in [-0.1, -0.05) is 48.3 Å². The third kappa shape index (κ3) is 4.96. The normalized spacial score (nSPS) is 20.9. The van der Waals surface area contributed by atoms with Crippen LogP contribution >= 0.6 is 23.2 Å². The summed E-state index contributed by atoms with van der Waals surface area (Å²) in [6.07, 6.45) is 2.41. The monoisotopic (exact) mass is 443 g/mol. The number of benzene rings is 1. The van der Waals surface area contributed by atoms with Gasteiger partial charge in [0.15, 0.2) is 0 Å². The van der Waals surface area contributed by atoms with Crippen LogP contribution in [0.25, 0.3) is 0 Å². The molecule has 3 atom stereocenters. The van der Waals surface area contributed by atoms with Gasteiger partial charge in [0.05, 0.1) is 11.1 Å². The number of nitrogens with zero attached hydrogens (tertiary/aromatic N) is 1. The van der Waals surface area contributed by atoms with Gasteiger partial charge in [0.2, 0.25) is 10.0 Å². The van der Waals surface area contributed by atoms with Gasteiger partial charge in [0.1, 0.15) is 10.7 Å². The second-order valence-corrected chi connectivity index (χ2v) is 9.45. The van der Waals surface area contributed by atoms with Crippen molar-refractivity contribution in [3.63, 3.8) is 0 Å². The quantitative estimate of drug-likeness (QED) is 0.667. The van der Waals surface area contributed by atoms with E-state index < -0.39 is 16.1 Å². The number of nitrogens with one attached hydrogen (secondary N) is 2. The molecule has 1 aliphatic rings. The van der Waals surface area contributed by atoms with Gasteiger partial charge in [-0.3, -0.25) is 0 Å². The van der Waals surface area contributed by atoms with Crippen molar-refractivity contribution in [1.29, 1.82) is 0 Å². The standard InChI is InChI=1S/C19H23Cl2N3O3S/c1-12-7-8-27-18(12)11-23-19-17(21)9-14(10-22-19)28(25,26)24-13(2)15-5-3-4-6-16(15)20/h3-6,9-10,12-13,18,24H,7-8,11H2,1-2H3,(H,22,23)/t12-,13+,18-/m0/s1. The van der Waals surface area contributed by atoms with E-state index in [0.29, 0.717) is 28.9 Å². The molecule has 1 aromatic heterocycles. The highest BCUT2D eigenvalue weighted by molar-refractivity contribution is 7.89. The molecule has 9 heteroatoms. The molecule has 0 amide bonds. The van der Waals surface area contributed by atoms with Crippen LogP contribution in [-0.4, -0.2) is 32.7 Å². The number of hydrogen-bond acceptors (Lipinski definition) is 5. The molecule has 0 aliphatic carbocycles.